The smallest absolute Gasteiger partial charge is 0.161 e. The first-order valence-electron chi connectivity index (χ1n) is 8.71. The van der Waals surface area contributed by atoms with Gasteiger partial charge in [-0.2, -0.15) is 0 Å². The molecule has 0 N–H and O–H groups in total. The zero-order valence-corrected chi connectivity index (χ0v) is 15.4. The number of benzene rings is 1. The van der Waals surface area contributed by atoms with Crippen molar-refractivity contribution in [2.45, 2.75) is 47.0 Å². The van der Waals surface area contributed by atoms with Gasteiger partial charge < -0.3 is 9.47 Å². The monoisotopic (exact) mass is 330 g/mol. The number of rotatable bonds is 11. The highest BCUT2D eigenvalue weighted by molar-refractivity contribution is 5.76. The molecule has 132 valence electrons. The number of allylic oxidation sites excluding steroid dienone is 3. The summed E-state index contributed by atoms with van der Waals surface area (Å²) < 4.78 is 11.3. The van der Waals surface area contributed by atoms with Gasteiger partial charge in [0.15, 0.2) is 11.5 Å². The van der Waals surface area contributed by atoms with Gasteiger partial charge in [-0.3, -0.25) is 4.79 Å². The van der Waals surface area contributed by atoms with Gasteiger partial charge in [-0.15, -0.1) is 0 Å². The molecule has 0 aliphatic carbocycles. The van der Waals surface area contributed by atoms with Gasteiger partial charge >= 0.3 is 0 Å². The van der Waals surface area contributed by atoms with Gasteiger partial charge in [0.1, 0.15) is 6.29 Å². The molecular formula is C21H30O3. The van der Waals surface area contributed by atoms with Crippen LogP contribution in [0.1, 0.15) is 57.3 Å². The van der Waals surface area contributed by atoms with Crippen LogP contribution in [0.2, 0.25) is 0 Å². The van der Waals surface area contributed by atoms with Crippen molar-refractivity contribution in [3.63, 3.8) is 0 Å². The Morgan fingerprint density at radius 1 is 1.17 bits per heavy atom. The normalized spacial score (nSPS) is 12.0. The van der Waals surface area contributed by atoms with Gasteiger partial charge in [0, 0.05) is 5.56 Å². The minimum absolute atomic E-state index is 0.543. The topological polar surface area (TPSA) is 35.5 Å². The van der Waals surface area contributed by atoms with E-state index in [-0.39, 0.29) is 0 Å². The van der Waals surface area contributed by atoms with Gasteiger partial charge in [0.25, 0.3) is 0 Å². The molecule has 1 rings (SSSR count). The maximum absolute atomic E-state index is 10.8. The molecule has 3 nitrogen and oxygen atoms in total. The predicted molar refractivity (Wildman–Crippen MR) is 100 cm³/mol. The molecule has 1 aromatic carbocycles. The van der Waals surface area contributed by atoms with Gasteiger partial charge in [-0.05, 0) is 64.2 Å². The fraction of sp³-hybridized carbons (Fsp3) is 0.476. The number of hydrogen-bond donors (Lipinski definition) is 0. The second-order valence-corrected chi connectivity index (χ2v) is 6.16. The maximum Gasteiger partial charge on any atom is 0.161 e. The Bertz CT molecular complexity index is 554. The summed E-state index contributed by atoms with van der Waals surface area (Å²) in [5, 5.41) is 0. The summed E-state index contributed by atoms with van der Waals surface area (Å²) in [6.45, 7) is 9.56. The van der Waals surface area contributed by atoms with E-state index < -0.39 is 0 Å². The van der Waals surface area contributed by atoms with E-state index in [1.807, 2.05) is 6.92 Å². The summed E-state index contributed by atoms with van der Waals surface area (Å²) >= 11 is 0. The van der Waals surface area contributed by atoms with Crippen molar-refractivity contribution in [3.05, 3.63) is 47.6 Å². The lowest BCUT2D eigenvalue weighted by molar-refractivity contribution is 0.112. The van der Waals surface area contributed by atoms with Gasteiger partial charge in [-0.25, -0.2) is 0 Å². The van der Waals surface area contributed by atoms with E-state index in [4.69, 9.17) is 9.47 Å². The molecule has 0 saturated heterocycles. The van der Waals surface area contributed by atoms with Crippen LogP contribution in [-0.2, 0) is 0 Å². The standard InChI is InChI=1S/C21H30O3/c1-5-23-21-15-19(16-22)12-13-20(21)24-14-7-6-10-18(4)11-8-9-17(2)3/h6,9-10,12-13,15-16,18H,5,7-8,11,14H2,1-4H3. The van der Waals surface area contributed by atoms with Crippen molar-refractivity contribution in [3.8, 4) is 11.5 Å². The van der Waals surface area contributed by atoms with Crippen LogP contribution in [0.4, 0.5) is 0 Å². The minimum atomic E-state index is 0.543. The summed E-state index contributed by atoms with van der Waals surface area (Å²) in [6.07, 6.45) is 10.7. The van der Waals surface area contributed by atoms with E-state index in [0.29, 0.717) is 36.2 Å². The average molecular weight is 330 g/mol. The van der Waals surface area contributed by atoms with Crippen molar-refractivity contribution >= 4 is 6.29 Å². The van der Waals surface area contributed by atoms with Crippen molar-refractivity contribution < 1.29 is 14.3 Å². The molecule has 0 radical (unpaired) electrons. The van der Waals surface area contributed by atoms with Crippen LogP contribution in [0.3, 0.4) is 0 Å². The Morgan fingerprint density at radius 2 is 1.96 bits per heavy atom. The van der Waals surface area contributed by atoms with Crippen LogP contribution in [-0.4, -0.2) is 19.5 Å². The van der Waals surface area contributed by atoms with Gasteiger partial charge in [0.05, 0.1) is 13.2 Å². The SMILES string of the molecule is CCOc1cc(C=O)ccc1OCCC=CC(C)CCC=C(C)C. The number of hydrogen-bond acceptors (Lipinski definition) is 3. The zero-order chi connectivity index (χ0) is 17.8. The van der Waals surface area contributed by atoms with E-state index in [1.165, 1.54) is 12.0 Å². The third-order valence-electron chi connectivity index (χ3n) is 3.58. The number of carbonyl (C=O) groups excluding carboxylic acids is 1. The highest BCUT2D eigenvalue weighted by Gasteiger charge is 2.06. The molecule has 3 heteroatoms. The van der Waals surface area contributed by atoms with Crippen molar-refractivity contribution in [2.75, 3.05) is 13.2 Å². The molecule has 0 fully saturated rings. The van der Waals surface area contributed by atoms with E-state index in [2.05, 4.69) is 39.0 Å². The summed E-state index contributed by atoms with van der Waals surface area (Å²) in [6, 6.07) is 5.25. The summed E-state index contributed by atoms with van der Waals surface area (Å²) in [5.41, 5.74) is 1.97. The van der Waals surface area contributed by atoms with Gasteiger partial charge in [-0.1, -0.05) is 30.7 Å². The molecule has 0 amide bonds. The number of carbonyl (C=O) groups is 1. The maximum atomic E-state index is 10.8. The zero-order valence-electron chi connectivity index (χ0n) is 15.4. The Morgan fingerprint density at radius 3 is 2.62 bits per heavy atom. The molecule has 0 aliphatic rings. The van der Waals surface area contributed by atoms with Crippen LogP contribution in [0.15, 0.2) is 42.0 Å². The summed E-state index contributed by atoms with van der Waals surface area (Å²) in [4.78, 5) is 10.8. The first-order valence-corrected chi connectivity index (χ1v) is 8.71. The highest BCUT2D eigenvalue weighted by Crippen LogP contribution is 2.28. The highest BCUT2D eigenvalue weighted by atomic mass is 16.5. The Balaban J connectivity index is 2.40. The molecule has 0 aliphatic heterocycles. The van der Waals surface area contributed by atoms with Crippen LogP contribution >= 0.6 is 0 Å². The van der Waals surface area contributed by atoms with Crippen LogP contribution in [0, 0.1) is 5.92 Å². The molecular weight excluding hydrogens is 300 g/mol. The van der Waals surface area contributed by atoms with Crippen molar-refractivity contribution in [2.24, 2.45) is 5.92 Å². The Hall–Kier alpha value is -2.03. The van der Waals surface area contributed by atoms with E-state index >= 15 is 0 Å². The average Bonchev–Trinajstić information content (AvgIpc) is 2.55. The molecule has 0 saturated carbocycles. The minimum Gasteiger partial charge on any atom is -0.490 e. The van der Waals surface area contributed by atoms with E-state index in [0.717, 1.165) is 19.1 Å². The molecule has 0 bridgehead atoms. The molecule has 1 atom stereocenters. The second kappa shape index (κ2) is 11.5. The molecule has 1 aromatic rings. The molecule has 0 heterocycles. The van der Waals surface area contributed by atoms with E-state index in [1.54, 1.807) is 18.2 Å². The third kappa shape index (κ3) is 8.00. The van der Waals surface area contributed by atoms with Crippen LogP contribution in [0.5, 0.6) is 11.5 Å². The lowest BCUT2D eigenvalue weighted by Crippen LogP contribution is -2.01. The largest absolute Gasteiger partial charge is 0.490 e. The van der Waals surface area contributed by atoms with Crippen LogP contribution in [0.25, 0.3) is 0 Å². The van der Waals surface area contributed by atoms with Crippen molar-refractivity contribution in [1.82, 2.24) is 0 Å². The lowest BCUT2D eigenvalue weighted by atomic mass is 10.0. The third-order valence-corrected chi connectivity index (χ3v) is 3.58. The Kier molecular flexibility index (Phi) is 9.59. The summed E-state index contributed by atoms with van der Waals surface area (Å²) in [7, 11) is 0. The van der Waals surface area contributed by atoms with Crippen molar-refractivity contribution in [1.29, 1.82) is 0 Å². The fourth-order valence-corrected chi connectivity index (χ4v) is 2.28. The molecule has 24 heavy (non-hydrogen) atoms. The van der Waals surface area contributed by atoms with Crippen LogP contribution < -0.4 is 9.47 Å². The molecule has 1 unspecified atom stereocenters. The van der Waals surface area contributed by atoms with E-state index in [9.17, 15) is 4.79 Å². The Labute approximate surface area is 146 Å². The quantitative estimate of drug-likeness (QED) is 0.301. The number of aldehydes is 1. The summed E-state index contributed by atoms with van der Waals surface area (Å²) in [5.74, 6) is 1.89. The predicted octanol–water partition coefficient (Wildman–Crippen LogP) is 5.61. The number of ether oxygens (including phenoxy) is 2. The first kappa shape index (κ1) is 20.0. The fourth-order valence-electron chi connectivity index (χ4n) is 2.28. The molecule has 0 aromatic heterocycles. The molecule has 0 spiro atoms. The first-order chi connectivity index (χ1) is 11.6. The lowest BCUT2D eigenvalue weighted by Gasteiger charge is -2.11. The second-order valence-electron chi connectivity index (χ2n) is 6.16. The van der Waals surface area contributed by atoms with Gasteiger partial charge in [0.2, 0.25) is 0 Å².